The van der Waals surface area contributed by atoms with E-state index in [1.807, 2.05) is 4.90 Å². The summed E-state index contributed by atoms with van der Waals surface area (Å²) in [4.78, 5) is 4.19. The Balaban J connectivity index is 2.19. The Bertz CT molecular complexity index is 569. The molecule has 0 amide bonds. The average molecular weight is 302 g/mol. The van der Waals surface area contributed by atoms with E-state index in [1.165, 1.54) is 6.07 Å². The number of likely N-dealkylation sites (N-methyl/N-ethyl adjacent to an activating group) is 1. The Morgan fingerprint density at radius 1 is 1.25 bits per heavy atom. The lowest BCUT2D eigenvalue weighted by Gasteiger charge is -2.35. The first-order valence-electron chi connectivity index (χ1n) is 6.60. The summed E-state index contributed by atoms with van der Waals surface area (Å²) in [5, 5.41) is 0. The van der Waals surface area contributed by atoms with Gasteiger partial charge < -0.3 is 9.80 Å². The Morgan fingerprint density at radius 2 is 1.90 bits per heavy atom. The van der Waals surface area contributed by atoms with Crippen LogP contribution in [0.4, 0.5) is 10.1 Å². The van der Waals surface area contributed by atoms with E-state index in [-0.39, 0.29) is 5.56 Å². The summed E-state index contributed by atoms with van der Waals surface area (Å²) in [5.41, 5.74) is 0.407. The molecule has 0 bridgehead atoms. The van der Waals surface area contributed by atoms with Gasteiger partial charge in [-0.25, -0.2) is 4.39 Å². The highest BCUT2D eigenvalue weighted by Crippen LogP contribution is 2.24. The lowest BCUT2D eigenvalue weighted by atomic mass is 10.1. The molecule has 1 aromatic rings. The molecule has 1 aliphatic rings. The first kappa shape index (κ1) is 15.2. The molecule has 1 N–H and O–H groups in total. The molecule has 5 nitrogen and oxygen atoms in total. The van der Waals surface area contributed by atoms with Crippen molar-refractivity contribution in [3.63, 3.8) is 0 Å². The summed E-state index contributed by atoms with van der Waals surface area (Å²) in [6.07, 6.45) is 0. The van der Waals surface area contributed by atoms with Gasteiger partial charge in [0.25, 0.3) is 10.1 Å². The molecular formula is C13H19FN2O3S. The van der Waals surface area contributed by atoms with Crippen LogP contribution in [0.3, 0.4) is 0 Å². The van der Waals surface area contributed by atoms with E-state index in [9.17, 15) is 12.8 Å². The highest BCUT2D eigenvalue weighted by Gasteiger charge is 2.21. The molecule has 0 saturated carbocycles. The van der Waals surface area contributed by atoms with Crippen LogP contribution in [0, 0.1) is 5.82 Å². The molecule has 0 aliphatic carbocycles. The number of hydrogen-bond donors (Lipinski definition) is 1. The normalized spacial score (nSPS) is 17.4. The predicted molar refractivity (Wildman–Crippen MR) is 76.0 cm³/mol. The molecule has 20 heavy (non-hydrogen) atoms. The molecule has 112 valence electrons. The molecule has 1 saturated heterocycles. The fraction of sp³-hybridized carbons (Fsp3) is 0.538. The van der Waals surface area contributed by atoms with Crippen molar-refractivity contribution in [2.75, 3.05) is 37.6 Å². The fourth-order valence-electron chi connectivity index (χ4n) is 2.42. The van der Waals surface area contributed by atoms with E-state index < -0.39 is 21.7 Å². The minimum Gasteiger partial charge on any atom is -0.367 e. The highest BCUT2D eigenvalue weighted by atomic mass is 32.2. The van der Waals surface area contributed by atoms with E-state index in [0.29, 0.717) is 18.8 Å². The van der Waals surface area contributed by atoms with Crippen LogP contribution in [0.2, 0.25) is 0 Å². The topological polar surface area (TPSA) is 60.9 Å². The van der Waals surface area contributed by atoms with E-state index in [2.05, 4.69) is 11.8 Å². The maximum atomic E-state index is 14.3. The van der Waals surface area contributed by atoms with Gasteiger partial charge in [-0.2, -0.15) is 8.42 Å². The number of piperazine rings is 1. The van der Waals surface area contributed by atoms with Crippen LogP contribution >= 0.6 is 0 Å². The number of hydrogen-bond acceptors (Lipinski definition) is 4. The maximum Gasteiger partial charge on any atom is 0.269 e. The Morgan fingerprint density at radius 3 is 2.45 bits per heavy atom. The van der Waals surface area contributed by atoms with Crippen molar-refractivity contribution < 1.29 is 17.4 Å². The standard InChI is InChI=1S/C13H19FN2O3S/c1-2-15-6-8-16(9-7-15)12-5-3-4-11(13(12)14)10-20(17,18)19/h3-5H,2,6-10H2,1H3,(H,17,18,19). The van der Waals surface area contributed by atoms with Crippen molar-refractivity contribution in [2.24, 2.45) is 0 Å². The minimum atomic E-state index is -4.23. The molecule has 0 unspecified atom stereocenters. The predicted octanol–water partition coefficient (Wildman–Crippen LogP) is 1.36. The van der Waals surface area contributed by atoms with Crippen molar-refractivity contribution in [1.29, 1.82) is 0 Å². The van der Waals surface area contributed by atoms with E-state index in [1.54, 1.807) is 12.1 Å². The van der Waals surface area contributed by atoms with Crippen molar-refractivity contribution in [3.05, 3.63) is 29.6 Å². The van der Waals surface area contributed by atoms with Gasteiger partial charge in [-0.05, 0) is 12.6 Å². The summed E-state index contributed by atoms with van der Waals surface area (Å²) >= 11 is 0. The maximum absolute atomic E-state index is 14.3. The molecule has 7 heteroatoms. The molecule has 1 aromatic carbocycles. The van der Waals surface area contributed by atoms with Crippen LogP contribution in [-0.2, 0) is 15.9 Å². The summed E-state index contributed by atoms with van der Waals surface area (Å²) in [6, 6.07) is 4.64. The molecule has 2 rings (SSSR count). The molecule has 0 aromatic heterocycles. The lowest BCUT2D eigenvalue weighted by Crippen LogP contribution is -2.46. The molecule has 1 fully saturated rings. The first-order valence-corrected chi connectivity index (χ1v) is 8.21. The van der Waals surface area contributed by atoms with Crippen LogP contribution in [0.1, 0.15) is 12.5 Å². The second kappa shape index (κ2) is 6.07. The van der Waals surface area contributed by atoms with Gasteiger partial charge in [-0.15, -0.1) is 0 Å². The zero-order chi connectivity index (χ0) is 14.8. The van der Waals surface area contributed by atoms with Crippen molar-refractivity contribution in [1.82, 2.24) is 4.90 Å². The molecule has 1 aliphatic heterocycles. The van der Waals surface area contributed by atoms with E-state index >= 15 is 0 Å². The van der Waals surface area contributed by atoms with Crippen molar-refractivity contribution >= 4 is 15.8 Å². The van der Waals surface area contributed by atoms with Crippen LogP contribution < -0.4 is 4.90 Å². The second-order valence-electron chi connectivity index (χ2n) is 4.90. The number of halogens is 1. The quantitative estimate of drug-likeness (QED) is 0.851. The Kier molecular flexibility index (Phi) is 4.62. The SMILES string of the molecule is CCN1CCN(c2cccc(CS(=O)(=O)O)c2F)CC1. The average Bonchev–Trinajstić information content (AvgIpc) is 2.40. The third-order valence-corrected chi connectivity index (χ3v) is 4.23. The molecule has 0 radical (unpaired) electrons. The molecular weight excluding hydrogens is 283 g/mol. The summed E-state index contributed by atoms with van der Waals surface area (Å²) in [6.45, 7) is 6.19. The summed E-state index contributed by atoms with van der Waals surface area (Å²) in [5.74, 6) is -1.25. The van der Waals surface area contributed by atoms with Gasteiger partial charge in [0, 0.05) is 31.7 Å². The smallest absolute Gasteiger partial charge is 0.269 e. The zero-order valence-corrected chi connectivity index (χ0v) is 12.2. The summed E-state index contributed by atoms with van der Waals surface area (Å²) in [7, 11) is -4.23. The van der Waals surface area contributed by atoms with Crippen molar-refractivity contribution in [2.45, 2.75) is 12.7 Å². The third-order valence-electron chi connectivity index (χ3n) is 3.56. The fourth-order valence-corrected chi connectivity index (χ4v) is 3.04. The van der Waals surface area contributed by atoms with E-state index in [4.69, 9.17) is 4.55 Å². The highest BCUT2D eigenvalue weighted by molar-refractivity contribution is 7.85. The van der Waals surface area contributed by atoms with Gasteiger partial charge in [-0.1, -0.05) is 19.1 Å². The van der Waals surface area contributed by atoms with Gasteiger partial charge in [0.05, 0.1) is 5.69 Å². The van der Waals surface area contributed by atoms with Crippen LogP contribution in [-0.4, -0.2) is 50.6 Å². The van der Waals surface area contributed by atoms with Gasteiger partial charge >= 0.3 is 0 Å². The van der Waals surface area contributed by atoms with Crippen LogP contribution in [0.25, 0.3) is 0 Å². The van der Waals surface area contributed by atoms with E-state index in [0.717, 1.165) is 19.6 Å². The van der Waals surface area contributed by atoms with Gasteiger partial charge in [0.1, 0.15) is 5.75 Å². The van der Waals surface area contributed by atoms with Gasteiger partial charge in [0.2, 0.25) is 0 Å². The van der Waals surface area contributed by atoms with Crippen LogP contribution in [0.15, 0.2) is 18.2 Å². The summed E-state index contributed by atoms with van der Waals surface area (Å²) < 4.78 is 45.0. The second-order valence-corrected chi connectivity index (χ2v) is 6.35. The third kappa shape index (κ3) is 3.68. The molecule has 0 atom stereocenters. The first-order chi connectivity index (χ1) is 9.40. The monoisotopic (exact) mass is 302 g/mol. The Labute approximate surface area is 118 Å². The Hall–Kier alpha value is -1.18. The zero-order valence-electron chi connectivity index (χ0n) is 11.4. The van der Waals surface area contributed by atoms with Gasteiger partial charge in [0.15, 0.2) is 5.82 Å². The van der Waals surface area contributed by atoms with Crippen LogP contribution in [0.5, 0.6) is 0 Å². The number of nitrogens with zero attached hydrogens (tertiary/aromatic N) is 2. The number of rotatable bonds is 4. The minimum absolute atomic E-state index is 0.00270. The number of benzene rings is 1. The lowest BCUT2D eigenvalue weighted by molar-refractivity contribution is 0.270. The largest absolute Gasteiger partial charge is 0.367 e. The number of anilines is 1. The molecule has 1 heterocycles. The molecule has 0 spiro atoms. The van der Waals surface area contributed by atoms with Gasteiger partial charge in [-0.3, -0.25) is 4.55 Å². The van der Waals surface area contributed by atoms with Crippen molar-refractivity contribution in [3.8, 4) is 0 Å².